The van der Waals surface area contributed by atoms with Crippen LogP contribution in [0.25, 0.3) is 11.4 Å². The summed E-state index contributed by atoms with van der Waals surface area (Å²) in [6.45, 7) is 9.33. The van der Waals surface area contributed by atoms with Crippen LogP contribution >= 0.6 is 11.8 Å². The molecule has 0 aliphatic rings. The molecule has 0 fully saturated rings. The van der Waals surface area contributed by atoms with Crippen LogP contribution in [0.1, 0.15) is 38.8 Å². The van der Waals surface area contributed by atoms with Gasteiger partial charge in [-0.15, -0.1) is 10.2 Å². The molecule has 1 heterocycles. The van der Waals surface area contributed by atoms with E-state index in [-0.39, 0.29) is 17.1 Å². The first-order valence-corrected chi connectivity index (χ1v) is 11.4. The van der Waals surface area contributed by atoms with Crippen LogP contribution in [0.5, 0.6) is 5.75 Å². The van der Waals surface area contributed by atoms with Crippen LogP contribution in [-0.2, 0) is 16.8 Å². The number of hydrazone groups is 1. The number of methoxy groups -OCH3 is 1. The number of amides is 1. The third-order valence-corrected chi connectivity index (χ3v) is 5.86. The second-order valence-corrected chi connectivity index (χ2v) is 9.18. The van der Waals surface area contributed by atoms with E-state index in [0.29, 0.717) is 11.7 Å². The number of nitrogens with zero attached hydrogens (tertiary/aromatic N) is 4. The number of aromatic nitrogens is 3. The molecule has 0 spiro atoms. The summed E-state index contributed by atoms with van der Waals surface area (Å²) in [6.07, 6.45) is 1.59. The summed E-state index contributed by atoms with van der Waals surface area (Å²) in [5.74, 6) is 1.56. The number of hydrogen-bond donors (Lipinski definition) is 1. The molecular weight excluding hydrogens is 422 g/mol. The highest BCUT2D eigenvalue weighted by Gasteiger charge is 2.17. The van der Waals surface area contributed by atoms with Crippen LogP contribution in [0.3, 0.4) is 0 Å². The maximum absolute atomic E-state index is 12.2. The van der Waals surface area contributed by atoms with Gasteiger partial charge >= 0.3 is 0 Å². The Morgan fingerprint density at radius 2 is 1.81 bits per heavy atom. The lowest BCUT2D eigenvalue weighted by molar-refractivity contribution is -0.118. The average Bonchev–Trinajstić information content (AvgIpc) is 3.20. The summed E-state index contributed by atoms with van der Waals surface area (Å²) < 4.78 is 7.14. The Kier molecular flexibility index (Phi) is 7.69. The van der Waals surface area contributed by atoms with Crippen LogP contribution < -0.4 is 10.2 Å². The Morgan fingerprint density at radius 3 is 2.41 bits per heavy atom. The summed E-state index contributed by atoms with van der Waals surface area (Å²) >= 11 is 1.34. The quantitative estimate of drug-likeness (QED) is 0.309. The molecular formula is C24H29N5O2S. The van der Waals surface area contributed by atoms with Crippen LogP contribution in [0.15, 0.2) is 58.8 Å². The first-order chi connectivity index (χ1) is 15.3. The molecule has 0 aliphatic carbocycles. The molecule has 168 valence electrons. The predicted molar refractivity (Wildman–Crippen MR) is 129 cm³/mol. The van der Waals surface area contributed by atoms with Crippen LogP contribution in [0.4, 0.5) is 0 Å². The van der Waals surface area contributed by atoms with Crippen molar-refractivity contribution in [2.24, 2.45) is 5.10 Å². The number of nitrogens with one attached hydrogen (secondary N) is 1. The number of rotatable bonds is 8. The predicted octanol–water partition coefficient (Wildman–Crippen LogP) is 4.51. The van der Waals surface area contributed by atoms with Crippen molar-refractivity contribution in [1.82, 2.24) is 20.2 Å². The monoisotopic (exact) mass is 451 g/mol. The van der Waals surface area contributed by atoms with E-state index in [9.17, 15) is 4.79 Å². The third-order valence-electron chi connectivity index (χ3n) is 4.89. The zero-order valence-electron chi connectivity index (χ0n) is 19.1. The van der Waals surface area contributed by atoms with Crippen molar-refractivity contribution in [3.63, 3.8) is 0 Å². The van der Waals surface area contributed by atoms with Crippen molar-refractivity contribution in [1.29, 1.82) is 0 Å². The maximum Gasteiger partial charge on any atom is 0.250 e. The van der Waals surface area contributed by atoms with Gasteiger partial charge in [-0.2, -0.15) is 5.10 Å². The molecule has 0 aliphatic heterocycles. The molecule has 0 bridgehead atoms. The lowest BCUT2D eigenvalue weighted by atomic mass is 9.87. The van der Waals surface area contributed by atoms with Gasteiger partial charge in [0.05, 0.1) is 19.1 Å². The average molecular weight is 452 g/mol. The Hall–Kier alpha value is -3.13. The highest BCUT2D eigenvalue weighted by atomic mass is 32.2. The normalized spacial score (nSPS) is 11.7. The summed E-state index contributed by atoms with van der Waals surface area (Å²) in [7, 11) is 1.62. The highest BCUT2D eigenvalue weighted by molar-refractivity contribution is 7.99. The molecule has 3 rings (SSSR count). The largest absolute Gasteiger partial charge is 0.497 e. The van der Waals surface area contributed by atoms with E-state index in [1.54, 1.807) is 13.3 Å². The molecule has 0 saturated carbocycles. The van der Waals surface area contributed by atoms with Gasteiger partial charge in [-0.3, -0.25) is 4.79 Å². The number of benzene rings is 2. The van der Waals surface area contributed by atoms with E-state index in [4.69, 9.17) is 4.74 Å². The molecule has 0 saturated heterocycles. The molecule has 0 atom stereocenters. The Balaban J connectivity index is 1.60. The topological polar surface area (TPSA) is 81.4 Å². The van der Waals surface area contributed by atoms with Gasteiger partial charge in [0.1, 0.15) is 5.75 Å². The molecule has 1 amide bonds. The molecule has 2 aromatic carbocycles. The van der Waals surface area contributed by atoms with Gasteiger partial charge in [-0.05, 0) is 47.7 Å². The van der Waals surface area contributed by atoms with Crippen molar-refractivity contribution in [2.75, 3.05) is 12.9 Å². The van der Waals surface area contributed by atoms with Gasteiger partial charge < -0.3 is 9.30 Å². The van der Waals surface area contributed by atoms with Gasteiger partial charge in [0.25, 0.3) is 5.91 Å². The van der Waals surface area contributed by atoms with Crippen molar-refractivity contribution in [2.45, 2.75) is 44.8 Å². The minimum Gasteiger partial charge on any atom is -0.497 e. The van der Waals surface area contributed by atoms with E-state index in [1.165, 1.54) is 17.3 Å². The van der Waals surface area contributed by atoms with Gasteiger partial charge in [0.15, 0.2) is 11.0 Å². The molecule has 1 N–H and O–H groups in total. The molecule has 32 heavy (non-hydrogen) atoms. The number of thioether (sulfide) groups is 1. The van der Waals surface area contributed by atoms with E-state index in [2.05, 4.69) is 65.8 Å². The zero-order chi connectivity index (χ0) is 23.1. The van der Waals surface area contributed by atoms with Gasteiger partial charge in [-0.1, -0.05) is 56.8 Å². The smallest absolute Gasteiger partial charge is 0.250 e. The first-order valence-electron chi connectivity index (χ1n) is 10.4. The third kappa shape index (κ3) is 5.97. The molecule has 0 unspecified atom stereocenters. The molecule has 0 radical (unpaired) electrons. The standard InChI is InChI=1S/C24H29N5O2S/c1-6-29-22(18-9-11-19(12-10-18)24(2,3)4)27-28-23(29)32-16-21(30)26-25-15-17-7-13-20(31-5)14-8-17/h7-15H,6,16H2,1-5H3,(H,26,30). The maximum atomic E-state index is 12.2. The summed E-state index contributed by atoms with van der Waals surface area (Å²) in [5, 5.41) is 13.4. The Morgan fingerprint density at radius 1 is 1.12 bits per heavy atom. The number of ether oxygens (including phenoxy) is 1. The zero-order valence-corrected chi connectivity index (χ0v) is 19.9. The number of hydrogen-bond acceptors (Lipinski definition) is 6. The van der Waals surface area contributed by atoms with Crippen LogP contribution in [0.2, 0.25) is 0 Å². The first kappa shape index (κ1) is 23.5. The van der Waals surface area contributed by atoms with Crippen molar-refractivity contribution >= 4 is 23.9 Å². The number of carbonyl (C=O) groups excluding carboxylic acids is 1. The van der Waals surface area contributed by atoms with Crippen molar-refractivity contribution in [3.8, 4) is 17.1 Å². The summed E-state index contributed by atoms with van der Waals surface area (Å²) in [5.41, 5.74) is 5.79. The fourth-order valence-corrected chi connectivity index (χ4v) is 3.84. The second kappa shape index (κ2) is 10.5. The van der Waals surface area contributed by atoms with E-state index < -0.39 is 0 Å². The molecule has 3 aromatic rings. The molecule has 7 nitrogen and oxygen atoms in total. The van der Waals surface area contributed by atoms with E-state index >= 15 is 0 Å². The lowest BCUT2D eigenvalue weighted by Gasteiger charge is -2.19. The van der Waals surface area contributed by atoms with Gasteiger partial charge in [0.2, 0.25) is 0 Å². The molecule has 1 aromatic heterocycles. The Bertz CT molecular complexity index is 1070. The minimum absolute atomic E-state index is 0.0984. The highest BCUT2D eigenvalue weighted by Crippen LogP contribution is 2.27. The fraction of sp³-hybridized carbons (Fsp3) is 0.333. The molecule has 8 heteroatoms. The van der Waals surface area contributed by atoms with Crippen LogP contribution in [-0.4, -0.2) is 39.7 Å². The van der Waals surface area contributed by atoms with Crippen molar-refractivity contribution in [3.05, 3.63) is 59.7 Å². The van der Waals surface area contributed by atoms with Gasteiger partial charge in [0, 0.05) is 12.1 Å². The number of carbonyl (C=O) groups is 1. The van der Waals surface area contributed by atoms with Crippen LogP contribution in [0, 0.1) is 0 Å². The van der Waals surface area contributed by atoms with Gasteiger partial charge in [-0.25, -0.2) is 5.43 Å². The Labute approximate surface area is 193 Å². The second-order valence-electron chi connectivity index (χ2n) is 8.23. The van der Waals surface area contributed by atoms with E-state index in [1.807, 2.05) is 35.8 Å². The van der Waals surface area contributed by atoms with Crippen molar-refractivity contribution < 1.29 is 9.53 Å². The summed E-state index contributed by atoms with van der Waals surface area (Å²) in [6, 6.07) is 15.8. The lowest BCUT2D eigenvalue weighted by Crippen LogP contribution is -2.20. The minimum atomic E-state index is -0.207. The summed E-state index contributed by atoms with van der Waals surface area (Å²) in [4.78, 5) is 12.2. The SMILES string of the molecule is CCn1c(SCC(=O)NN=Cc2ccc(OC)cc2)nnc1-c1ccc(C(C)(C)C)cc1. The fourth-order valence-electron chi connectivity index (χ4n) is 3.04. The van der Waals surface area contributed by atoms with E-state index in [0.717, 1.165) is 22.7 Å².